The van der Waals surface area contributed by atoms with E-state index >= 15 is 0 Å². The van der Waals surface area contributed by atoms with E-state index in [-0.39, 0.29) is 52.0 Å². The van der Waals surface area contributed by atoms with Gasteiger partial charge in [0.1, 0.15) is 5.75 Å². The molecule has 2 aromatic heterocycles. The molecule has 0 aliphatic heterocycles. The fourth-order valence-electron chi connectivity index (χ4n) is 2.57. The van der Waals surface area contributed by atoms with Gasteiger partial charge in [-0.25, -0.2) is 4.98 Å². The van der Waals surface area contributed by atoms with E-state index in [2.05, 4.69) is 19.7 Å². The molecule has 1 unspecified atom stereocenters. The second-order valence-corrected chi connectivity index (χ2v) is 6.88. The maximum Gasteiger partial charge on any atom is 0.387 e. The van der Waals surface area contributed by atoms with Crippen molar-refractivity contribution in [1.29, 1.82) is 0 Å². The molecule has 0 spiro atoms. The molecule has 145 valence electrons. The molecule has 1 radical (unpaired) electrons. The number of aromatic amines is 1. The van der Waals surface area contributed by atoms with Gasteiger partial charge in [-0.3, -0.25) is 9.19 Å². The number of nitrogens with zero attached hydrogens (tertiary/aromatic N) is 2. The van der Waals surface area contributed by atoms with E-state index in [1.807, 2.05) is 6.92 Å². The molecule has 1 N–H and O–H groups in total. The van der Waals surface area contributed by atoms with E-state index < -0.39 is 17.4 Å². The molecule has 0 bridgehead atoms. The first-order valence-corrected chi connectivity index (χ1v) is 9.14. The SMILES string of the molecule is COc1cc2nc(S(=O)Cc3nccc(OC)c3C)[nH]c2cc1OC(F)F.[Na]. The van der Waals surface area contributed by atoms with Crippen LogP contribution in [0.3, 0.4) is 0 Å². The average molecular weight is 420 g/mol. The van der Waals surface area contributed by atoms with Crippen LogP contribution in [0.4, 0.5) is 8.78 Å². The summed E-state index contributed by atoms with van der Waals surface area (Å²) in [5.41, 5.74) is 2.24. The predicted molar refractivity (Wildman–Crippen MR) is 101 cm³/mol. The Labute approximate surface area is 184 Å². The molecule has 2 heterocycles. The molecule has 1 aromatic carbocycles. The second-order valence-electron chi connectivity index (χ2n) is 5.52. The van der Waals surface area contributed by atoms with Crippen LogP contribution in [-0.4, -0.2) is 69.5 Å². The van der Waals surface area contributed by atoms with Gasteiger partial charge in [-0.1, -0.05) is 0 Å². The van der Waals surface area contributed by atoms with Crippen LogP contribution >= 0.6 is 0 Å². The third-order valence-corrected chi connectivity index (χ3v) is 5.08. The van der Waals surface area contributed by atoms with E-state index in [1.165, 1.54) is 19.2 Å². The minimum atomic E-state index is -2.99. The number of methoxy groups -OCH3 is 2. The van der Waals surface area contributed by atoms with Gasteiger partial charge in [-0.05, 0) is 13.0 Å². The molecule has 3 rings (SSSR count). The van der Waals surface area contributed by atoms with Crippen molar-refractivity contribution >= 4 is 51.4 Å². The second kappa shape index (κ2) is 9.64. The minimum absolute atomic E-state index is 0. The van der Waals surface area contributed by atoms with Gasteiger partial charge in [0.15, 0.2) is 16.7 Å². The fourth-order valence-corrected chi connectivity index (χ4v) is 3.67. The van der Waals surface area contributed by atoms with Crippen molar-refractivity contribution < 1.29 is 27.2 Å². The summed E-state index contributed by atoms with van der Waals surface area (Å²) in [4.78, 5) is 11.4. The first kappa shape index (κ1) is 22.5. The van der Waals surface area contributed by atoms with E-state index in [9.17, 15) is 13.0 Å². The molecular formula is C17H17F2N3NaO4S. The van der Waals surface area contributed by atoms with Gasteiger partial charge in [0.2, 0.25) is 0 Å². The first-order chi connectivity index (χ1) is 12.9. The number of H-pyrrole nitrogens is 1. The zero-order valence-electron chi connectivity index (χ0n) is 15.8. The third kappa shape index (κ3) is 4.80. The summed E-state index contributed by atoms with van der Waals surface area (Å²) in [6, 6.07) is 4.50. The summed E-state index contributed by atoms with van der Waals surface area (Å²) in [7, 11) is 1.36. The van der Waals surface area contributed by atoms with Crippen molar-refractivity contribution in [2.45, 2.75) is 24.4 Å². The van der Waals surface area contributed by atoms with Gasteiger partial charge >= 0.3 is 6.61 Å². The Hall–Kier alpha value is -1.75. The monoisotopic (exact) mass is 420 g/mol. The van der Waals surface area contributed by atoms with E-state index in [1.54, 1.807) is 19.4 Å². The molecule has 11 heteroatoms. The van der Waals surface area contributed by atoms with Crippen molar-refractivity contribution in [1.82, 2.24) is 15.0 Å². The summed E-state index contributed by atoms with van der Waals surface area (Å²) < 4.78 is 52.5. The van der Waals surface area contributed by atoms with Crippen LogP contribution in [0.15, 0.2) is 29.6 Å². The first-order valence-electron chi connectivity index (χ1n) is 7.82. The van der Waals surface area contributed by atoms with Crippen LogP contribution < -0.4 is 14.2 Å². The quantitative estimate of drug-likeness (QED) is 0.592. The zero-order valence-corrected chi connectivity index (χ0v) is 18.6. The summed E-state index contributed by atoms with van der Waals surface area (Å²) in [5, 5.41) is 0.199. The number of hydrogen-bond donors (Lipinski definition) is 1. The van der Waals surface area contributed by atoms with E-state index in [0.717, 1.165) is 5.56 Å². The molecular weight excluding hydrogens is 403 g/mol. The molecule has 0 saturated carbocycles. The van der Waals surface area contributed by atoms with Gasteiger partial charge in [-0.15, -0.1) is 0 Å². The topological polar surface area (TPSA) is 86.3 Å². The van der Waals surface area contributed by atoms with E-state index in [4.69, 9.17) is 9.47 Å². The summed E-state index contributed by atoms with van der Waals surface area (Å²) >= 11 is 0. The number of aromatic nitrogens is 3. The molecule has 0 aliphatic carbocycles. The number of benzene rings is 1. The molecule has 0 amide bonds. The van der Waals surface area contributed by atoms with Crippen LogP contribution in [-0.2, 0) is 16.6 Å². The molecule has 1 atom stereocenters. The Morgan fingerprint density at radius 1 is 1.18 bits per heavy atom. The Bertz CT molecular complexity index is 1000. The molecule has 3 aromatic rings. The van der Waals surface area contributed by atoms with Crippen molar-refractivity contribution in [2.75, 3.05) is 14.2 Å². The number of hydrogen-bond acceptors (Lipinski definition) is 6. The number of pyridine rings is 1. The maximum atomic E-state index is 12.7. The standard InChI is InChI=1S/C17H17F2N3O4S.Na/c1-9-12(20-5-4-13(9)24-2)8-27(23)17-21-10-6-14(25-3)15(26-16(18)19)7-11(10)22-17;/h4-7,16H,8H2,1-3H3,(H,21,22);. The van der Waals surface area contributed by atoms with Gasteiger partial charge in [-0.2, -0.15) is 8.78 Å². The molecule has 28 heavy (non-hydrogen) atoms. The molecule has 7 nitrogen and oxygen atoms in total. The van der Waals surface area contributed by atoms with Gasteiger partial charge in [0, 0.05) is 53.5 Å². The number of nitrogens with one attached hydrogen (secondary N) is 1. The number of rotatable bonds is 7. The van der Waals surface area contributed by atoms with Crippen LogP contribution in [0.5, 0.6) is 17.2 Å². The van der Waals surface area contributed by atoms with Crippen LogP contribution in [0.2, 0.25) is 0 Å². The number of ether oxygens (including phenoxy) is 3. The van der Waals surface area contributed by atoms with Gasteiger partial charge < -0.3 is 19.2 Å². The minimum Gasteiger partial charge on any atom is -0.496 e. The summed E-state index contributed by atoms with van der Waals surface area (Å²) in [6.45, 7) is -1.16. The van der Waals surface area contributed by atoms with Crippen molar-refractivity contribution in [2.24, 2.45) is 0 Å². The van der Waals surface area contributed by atoms with Crippen LogP contribution in [0, 0.1) is 6.92 Å². The fraction of sp³-hybridized carbons (Fsp3) is 0.294. The predicted octanol–water partition coefficient (Wildman–Crippen LogP) is 2.81. The van der Waals surface area contributed by atoms with E-state index in [0.29, 0.717) is 22.5 Å². The Balaban J connectivity index is 0.00000280. The molecule has 0 aliphatic rings. The maximum absolute atomic E-state index is 12.7. The zero-order chi connectivity index (χ0) is 19.6. The summed E-state index contributed by atoms with van der Waals surface area (Å²) in [6.07, 6.45) is 1.58. The average Bonchev–Trinajstić information content (AvgIpc) is 3.05. The largest absolute Gasteiger partial charge is 0.496 e. The van der Waals surface area contributed by atoms with Gasteiger partial charge in [0.05, 0.1) is 47.5 Å². The number of fused-ring (bicyclic) bond motifs is 1. The Morgan fingerprint density at radius 3 is 2.54 bits per heavy atom. The smallest absolute Gasteiger partial charge is 0.387 e. The normalized spacial score (nSPS) is 11.9. The van der Waals surface area contributed by atoms with Crippen molar-refractivity contribution in [3.05, 3.63) is 35.7 Å². The number of imidazole rings is 1. The van der Waals surface area contributed by atoms with Gasteiger partial charge in [0.25, 0.3) is 0 Å². The third-order valence-electron chi connectivity index (χ3n) is 3.92. The van der Waals surface area contributed by atoms with Crippen LogP contribution in [0.1, 0.15) is 11.3 Å². The summed E-state index contributed by atoms with van der Waals surface area (Å²) in [5.74, 6) is 0.753. The number of alkyl halides is 2. The Kier molecular flexibility index (Phi) is 7.76. The molecule has 0 saturated heterocycles. The Morgan fingerprint density at radius 2 is 1.89 bits per heavy atom. The van der Waals surface area contributed by atoms with Crippen LogP contribution in [0.25, 0.3) is 11.0 Å². The van der Waals surface area contributed by atoms with Crippen molar-refractivity contribution in [3.63, 3.8) is 0 Å². The number of halogens is 2. The van der Waals surface area contributed by atoms with Crippen molar-refractivity contribution in [3.8, 4) is 17.2 Å². The molecule has 0 fully saturated rings.